The van der Waals surface area contributed by atoms with Crippen LogP contribution in [0.2, 0.25) is 5.02 Å². The average Bonchev–Trinajstić information content (AvgIpc) is 2.45. The second-order valence-electron chi connectivity index (χ2n) is 4.22. The molecule has 1 aromatic heterocycles. The summed E-state index contributed by atoms with van der Waals surface area (Å²) in [6.45, 7) is -0.150. The molecule has 0 amide bonds. The van der Waals surface area contributed by atoms with Gasteiger partial charge in [-0.3, -0.25) is 4.79 Å². The van der Waals surface area contributed by atoms with Crippen molar-refractivity contribution in [3.63, 3.8) is 0 Å². The van der Waals surface area contributed by atoms with Crippen molar-refractivity contribution in [1.82, 2.24) is 4.98 Å². The van der Waals surface area contributed by atoms with Crippen LogP contribution >= 0.6 is 11.6 Å². The molecule has 22 heavy (non-hydrogen) atoms. The summed E-state index contributed by atoms with van der Waals surface area (Å²) in [5.74, 6) is -0.673. The molecule has 0 bridgehead atoms. The Morgan fingerprint density at radius 2 is 1.95 bits per heavy atom. The van der Waals surface area contributed by atoms with Crippen LogP contribution in [0.5, 0.6) is 5.75 Å². The topological polar surface area (TPSA) is 39.2 Å². The molecule has 0 fully saturated rings. The Labute approximate surface area is 127 Å². The largest absolute Gasteiger partial charge is 0.487 e. The summed E-state index contributed by atoms with van der Waals surface area (Å²) in [7, 11) is 0. The molecule has 2 aromatic rings. The molecule has 0 saturated carbocycles. The molecular formula is C14H8ClF4NO2. The summed E-state index contributed by atoms with van der Waals surface area (Å²) in [5, 5.41) is -0.495. The third-order valence-corrected chi connectivity index (χ3v) is 2.99. The maximum absolute atomic E-state index is 13.1. The highest BCUT2D eigenvalue weighted by atomic mass is 35.5. The molecule has 0 aliphatic carbocycles. The van der Waals surface area contributed by atoms with Crippen LogP contribution in [-0.4, -0.2) is 11.3 Å². The van der Waals surface area contributed by atoms with Gasteiger partial charge in [-0.15, -0.1) is 0 Å². The third kappa shape index (κ3) is 3.73. The fourth-order valence-electron chi connectivity index (χ4n) is 1.64. The quantitative estimate of drug-likeness (QED) is 0.619. The number of ether oxygens (including phenoxy) is 1. The van der Waals surface area contributed by atoms with E-state index in [4.69, 9.17) is 16.3 Å². The number of carbonyl (C=O) groups excluding carboxylic acids is 1. The second-order valence-corrected chi connectivity index (χ2v) is 4.62. The summed E-state index contributed by atoms with van der Waals surface area (Å²) in [6, 6.07) is 5.28. The number of hydrogen-bond donors (Lipinski definition) is 0. The molecule has 0 spiro atoms. The maximum Gasteiger partial charge on any atom is 0.417 e. The van der Waals surface area contributed by atoms with Crippen LogP contribution in [0.25, 0.3) is 0 Å². The van der Waals surface area contributed by atoms with Crippen molar-refractivity contribution < 1.29 is 27.1 Å². The van der Waals surface area contributed by atoms with E-state index in [0.717, 1.165) is 24.3 Å². The molecule has 1 heterocycles. The minimum absolute atomic E-state index is 0.0942. The molecule has 0 atom stereocenters. The Balaban J connectivity index is 2.12. The van der Waals surface area contributed by atoms with Crippen LogP contribution in [-0.2, 0) is 12.8 Å². The van der Waals surface area contributed by atoms with Crippen molar-refractivity contribution >= 4 is 17.9 Å². The summed E-state index contributed by atoms with van der Waals surface area (Å²) < 4.78 is 56.0. The van der Waals surface area contributed by atoms with E-state index >= 15 is 0 Å². The first kappa shape index (κ1) is 16.2. The molecule has 0 unspecified atom stereocenters. The van der Waals surface area contributed by atoms with Gasteiger partial charge < -0.3 is 4.74 Å². The fourth-order valence-corrected chi connectivity index (χ4v) is 1.91. The number of benzene rings is 1. The van der Waals surface area contributed by atoms with Crippen LogP contribution in [0.4, 0.5) is 17.6 Å². The predicted molar refractivity (Wildman–Crippen MR) is 70.4 cm³/mol. The van der Waals surface area contributed by atoms with Gasteiger partial charge in [0.15, 0.2) is 12.1 Å². The summed E-state index contributed by atoms with van der Waals surface area (Å²) in [6.07, 6.45) is -4.29. The third-order valence-electron chi connectivity index (χ3n) is 2.68. The molecule has 8 heteroatoms. The first-order chi connectivity index (χ1) is 10.3. The lowest BCUT2D eigenvalue weighted by Crippen LogP contribution is -2.06. The normalized spacial score (nSPS) is 11.3. The van der Waals surface area contributed by atoms with E-state index in [1.807, 2.05) is 0 Å². The van der Waals surface area contributed by atoms with Crippen LogP contribution in [0.1, 0.15) is 21.7 Å². The van der Waals surface area contributed by atoms with Gasteiger partial charge in [-0.25, -0.2) is 9.37 Å². The highest BCUT2D eigenvalue weighted by molar-refractivity contribution is 6.31. The van der Waals surface area contributed by atoms with Crippen molar-refractivity contribution in [3.05, 3.63) is 58.1 Å². The second kappa shape index (κ2) is 6.31. The van der Waals surface area contributed by atoms with E-state index in [-0.39, 0.29) is 30.0 Å². The van der Waals surface area contributed by atoms with E-state index < -0.39 is 22.6 Å². The van der Waals surface area contributed by atoms with Gasteiger partial charge in [0, 0.05) is 0 Å². The Morgan fingerprint density at radius 1 is 1.23 bits per heavy atom. The Hall–Kier alpha value is -2.15. The van der Waals surface area contributed by atoms with E-state index in [9.17, 15) is 22.4 Å². The molecule has 0 aliphatic heterocycles. The summed E-state index contributed by atoms with van der Waals surface area (Å²) in [4.78, 5) is 14.3. The summed E-state index contributed by atoms with van der Waals surface area (Å²) >= 11 is 5.55. The molecule has 2 rings (SSSR count). The number of hydrogen-bond acceptors (Lipinski definition) is 3. The minimum atomic E-state index is -4.55. The van der Waals surface area contributed by atoms with E-state index in [1.54, 1.807) is 0 Å². The fraction of sp³-hybridized carbons (Fsp3) is 0.143. The highest BCUT2D eigenvalue weighted by Crippen LogP contribution is 2.36. The molecule has 1 aromatic carbocycles. The van der Waals surface area contributed by atoms with Crippen LogP contribution in [0, 0.1) is 5.82 Å². The van der Waals surface area contributed by atoms with Gasteiger partial charge in [0.25, 0.3) is 0 Å². The first-order valence-electron chi connectivity index (χ1n) is 5.91. The summed E-state index contributed by atoms with van der Waals surface area (Å²) in [5.41, 5.74) is -1.09. The first-order valence-corrected chi connectivity index (χ1v) is 6.29. The van der Waals surface area contributed by atoms with Gasteiger partial charge in [0.2, 0.25) is 0 Å². The molecule has 0 radical (unpaired) electrons. The number of alkyl halides is 3. The monoisotopic (exact) mass is 333 g/mol. The molecule has 116 valence electrons. The number of aldehydes is 1. The van der Waals surface area contributed by atoms with Crippen LogP contribution in [0.15, 0.2) is 30.3 Å². The molecule has 0 N–H and O–H groups in total. The van der Waals surface area contributed by atoms with Gasteiger partial charge in [-0.05, 0) is 30.3 Å². The maximum atomic E-state index is 13.1. The zero-order chi connectivity index (χ0) is 16.3. The van der Waals surface area contributed by atoms with E-state index in [0.29, 0.717) is 0 Å². The van der Waals surface area contributed by atoms with Gasteiger partial charge in [0.1, 0.15) is 18.1 Å². The highest BCUT2D eigenvalue weighted by Gasteiger charge is 2.33. The minimum Gasteiger partial charge on any atom is -0.487 e. The SMILES string of the molecule is O=Cc1nc(COc2ccc(C(F)(F)F)c(Cl)c2)ccc1F. The van der Waals surface area contributed by atoms with Gasteiger partial charge >= 0.3 is 6.18 Å². The van der Waals surface area contributed by atoms with Gasteiger partial charge in [-0.2, -0.15) is 13.2 Å². The number of aromatic nitrogens is 1. The molecule has 0 saturated heterocycles. The van der Waals surface area contributed by atoms with Crippen molar-refractivity contribution in [1.29, 1.82) is 0 Å². The van der Waals surface area contributed by atoms with E-state index in [2.05, 4.69) is 4.98 Å². The lowest BCUT2D eigenvalue weighted by atomic mass is 10.2. The Kier molecular flexibility index (Phi) is 4.65. The Morgan fingerprint density at radius 3 is 2.55 bits per heavy atom. The zero-order valence-corrected chi connectivity index (χ0v) is 11.6. The van der Waals surface area contributed by atoms with E-state index in [1.165, 1.54) is 6.07 Å². The van der Waals surface area contributed by atoms with Crippen molar-refractivity contribution in [2.24, 2.45) is 0 Å². The number of halogens is 5. The lowest BCUT2D eigenvalue weighted by molar-refractivity contribution is -0.137. The zero-order valence-electron chi connectivity index (χ0n) is 10.8. The van der Waals surface area contributed by atoms with Crippen molar-refractivity contribution in [2.45, 2.75) is 12.8 Å². The number of nitrogens with zero attached hydrogens (tertiary/aromatic N) is 1. The number of carbonyl (C=O) groups is 1. The lowest BCUT2D eigenvalue weighted by Gasteiger charge is -2.11. The van der Waals surface area contributed by atoms with Crippen LogP contribution in [0.3, 0.4) is 0 Å². The smallest absolute Gasteiger partial charge is 0.417 e. The van der Waals surface area contributed by atoms with Gasteiger partial charge in [0.05, 0.1) is 16.3 Å². The Bertz CT molecular complexity index is 704. The van der Waals surface area contributed by atoms with Crippen molar-refractivity contribution in [3.8, 4) is 5.75 Å². The van der Waals surface area contributed by atoms with Crippen molar-refractivity contribution in [2.75, 3.05) is 0 Å². The number of rotatable bonds is 4. The van der Waals surface area contributed by atoms with Gasteiger partial charge in [-0.1, -0.05) is 11.6 Å². The predicted octanol–water partition coefficient (Wildman–Crippen LogP) is 4.28. The average molecular weight is 334 g/mol. The molecular weight excluding hydrogens is 326 g/mol. The molecule has 0 aliphatic rings. The van der Waals surface area contributed by atoms with Crippen LogP contribution < -0.4 is 4.74 Å². The number of pyridine rings is 1. The standard InChI is InChI=1S/C14H8ClF4NO2/c15-11-5-9(2-3-10(11)14(17,18)19)22-7-8-1-4-12(16)13(6-21)20-8/h1-6H,7H2. The molecule has 3 nitrogen and oxygen atoms in total.